The van der Waals surface area contributed by atoms with E-state index < -0.39 is 5.97 Å². The van der Waals surface area contributed by atoms with Crippen molar-refractivity contribution in [1.29, 1.82) is 0 Å². The van der Waals surface area contributed by atoms with E-state index in [-0.39, 0.29) is 19.1 Å². The Labute approximate surface area is 138 Å². The van der Waals surface area contributed by atoms with Gasteiger partial charge in [0.1, 0.15) is 12.4 Å². The largest absolute Gasteiger partial charge is 0.465 e. The van der Waals surface area contributed by atoms with E-state index in [1.54, 1.807) is 55.8 Å². The fourth-order valence-electron chi connectivity index (χ4n) is 2.33. The number of fused-ring (bicyclic) bond motifs is 1. The lowest BCUT2D eigenvalue weighted by Gasteiger charge is -2.20. The van der Waals surface area contributed by atoms with Gasteiger partial charge in [-0.15, -0.1) is 0 Å². The van der Waals surface area contributed by atoms with Crippen molar-refractivity contribution in [1.82, 2.24) is 15.0 Å². The number of hydrogen-bond acceptors (Lipinski definition) is 5. The Morgan fingerprint density at radius 1 is 1.21 bits per heavy atom. The molecule has 0 atom stereocenters. The normalized spacial score (nSPS) is 10.5. The molecule has 0 spiro atoms. The lowest BCUT2D eigenvalue weighted by Crippen LogP contribution is -2.37. The van der Waals surface area contributed by atoms with Crippen molar-refractivity contribution in [2.45, 2.75) is 6.92 Å². The molecule has 1 N–H and O–H groups in total. The molecule has 3 aromatic rings. The molecule has 0 aliphatic carbocycles. The van der Waals surface area contributed by atoms with E-state index in [0.29, 0.717) is 11.4 Å². The van der Waals surface area contributed by atoms with Gasteiger partial charge in [0.05, 0.1) is 24.0 Å². The number of esters is 1. The van der Waals surface area contributed by atoms with Crippen molar-refractivity contribution in [3.63, 3.8) is 0 Å². The molecule has 2 heterocycles. The maximum atomic E-state index is 12.9. The average molecular weight is 324 g/mol. The van der Waals surface area contributed by atoms with Crippen molar-refractivity contribution >= 4 is 28.7 Å². The molecule has 0 aliphatic rings. The lowest BCUT2D eigenvalue weighted by molar-refractivity contribution is -0.141. The summed E-state index contributed by atoms with van der Waals surface area (Å²) in [6.07, 6.45) is 3.13. The number of aromatic amines is 1. The molecule has 24 heavy (non-hydrogen) atoms. The molecule has 0 radical (unpaired) electrons. The quantitative estimate of drug-likeness (QED) is 0.727. The van der Waals surface area contributed by atoms with E-state index >= 15 is 0 Å². The number of pyridine rings is 1. The van der Waals surface area contributed by atoms with Gasteiger partial charge in [0.25, 0.3) is 5.91 Å². The Kier molecular flexibility index (Phi) is 4.51. The van der Waals surface area contributed by atoms with Crippen LogP contribution in [0.25, 0.3) is 11.0 Å². The zero-order valence-corrected chi connectivity index (χ0v) is 13.1. The molecule has 7 heteroatoms. The number of aromatic nitrogens is 3. The van der Waals surface area contributed by atoms with Crippen LogP contribution in [-0.4, -0.2) is 40.0 Å². The van der Waals surface area contributed by atoms with Crippen LogP contribution < -0.4 is 4.90 Å². The molecule has 122 valence electrons. The third kappa shape index (κ3) is 3.24. The molecule has 1 aromatic carbocycles. The summed E-state index contributed by atoms with van der Waals surface area (Å²) < 4.78 is 4.96. The third-order valence-corrected chi connectivity index (χ3v) is 3.43. The van der Waals surface area contributed by atoms with Crippen molar-refractivity contribution < 1.29 is 14.3 Å². The summed E-state index contributed by atoms with van der Waals surface area (Å²) in [6.45, 7) is 1.77. The summed E-state index contributed by atoms with van der Waals surface area (Å²) in [5, 5.41) is 0. The monoisotopic (exact) mass is 324 g/mol. The van der Waals surface area contributed by atoms with Gasteiger partial charge in [-0.1, -0.05) is 6.07 Å². The van der Waals surface area contributed by atoms with Crippen molar-refractivity contribution in [3.05, 3.63) is 54.5 Å². The first-order valence-corrected chi connectivity index (χ1v) is 7.50. The molecule has 3 rings (SSSR count). The van der Waals surface area contributed by atoms with Crippen LogP contribution >= 0.6 is 0 Å². The minimum atomic E-state index is -0.487. The first kappa shape index (κ1) is 15.7. The first-order chi connectivity index (χ1) is 11.7. The van der Waals surface area contributed by atoms with E-state index in [2.05, 4.69) is 15.0 Å². The van der Waals surface area contributed by atoms with Gasteiger partial charge in [-0.3, -0.25) is 14.5 Å². The number of ether oxygens (including phenoxy) is 1. The number of anilines is 1. The van der Waals surface area contributed by atoms with Gasteiger partial charge in [0.15, 0.2) is 0 Å². The zero-order valence-electron chi connectivity index (χ0n) is 13.1. The summed E-state index contributed by atoms with van der Waals surface area (Å²) in [4.78, 5) is 37.3. The molecular weight excluding hydrogens is 308 g/mol. The Morgan fingerprint density at radius 3 is 2.83 bits per heavy atom. The van der Waals surface area contributed by atoms with Crippen LogP contribution in [0.3, 0.4) is 0 Å². The summed E-state index contributed by atoms with van der Waals surface area (Å²) >= 11 is 0. The fraction of sp³-hybridized carbons (Fsp3) is 0.176. The molecule has 7 nitrogen and oxygen atoms in total. The Morgan fingerprint density at radius 2 is 2.08 bits per heavy atom. The zero-order chi connectivity index (χ0) is 16.9. The molecule has 1 amide bonds. The maximum absolute atomic E-state index is 12.9. The Balaban J connectivity index is 1.94. The highest BCUT2D eigenvalue weighted by Gasteiger charge is 2.22. The van der Waals surface area contributed by atoms with Gasteiger partial charge in [0.2, 0.25) is 0 Å². The SMILES string of the molecule is CCOC(=O)CN(C(=O)c1ccc2nc[nH]c2c1)c1ccccn1. The highest BCUT2D eigenvalue weighted by Crippen LogP contribution is 2.17. The van der Waals surface area contributed by atoms with Gasteiger partial charge in [0, 0.05) is 11.8 Å². The average Bonchev–Trinajstić information content (AvgIpc) is 3.08. The minimum Gasteiger partial charge on any atom is -0.465 e. The number of hydrogen-bond donors (Lipinski definition) is 1. The topological polar surface area (TPSA) is 88.2 Å². The fourth-order valence-corrected chi connectivity index (χ4v) is 2.33. The summed E-state index contributed by atoms with van der Waals surface area (Å²) in [5.41, 5.74) is 1.95. The number of imidazole rings is 1. The maximum Gasteiger partial charge on any atom is 0.326 e. The standard InChI is InChI=1S/C17H16N4O3/c1-2-24-16(22)10-21(15-5-3-4-8-18-15)17(23)12-6-7-13-14(9-12)20-11-19-13/h3-9,11H,2,10H2,1H3,(H,19,20). The van der Waals surface area contributed by atoms with Gasteiger partial charge < -0.3 is 9.72 Å². The van der Waals surface area contributed by atoms with Crippen molar-refractivity contribution in [2.75, 3.05) is 18.1 Å². The molecule has 0 unspecified atom stereocenters. The lowest BCUT2D eigenvalue weighted by atomic mass is 10.1. The van der Waals surface area contributed by atoms with Crippen LogP contribution in [0.1, 0.15) is 17.3 Å². The van der Waals surface area contributed by atoms with E-state index in [4.69, 9.17) is 4.74 Å². The van der Waals surface area contributed by atoms with Crippen LogP contribution in [0.4, 0.5) is 5.82 Å². The van der Waals surface area contributed by atoms with E-state index in [1.807, 2.05) is 0 Å². The highest BCUT2D eigenvalue weighted by atomic mass is 16.5. The van der Waals surface area contributed by atoms with Crippen LogP contribution in [0.5, 0.6) is 0 Å². The molecule has 0 aliphatic heterocycles. The predicted octanol–water partition coefficient (Wildman–Crippen LogP) is 2.17. The number of carbonyl (C=O) groups is 2. The number of H-pyrrole nitrogens is 1. The third-order valence-electron chi connectivity index (χ3n) is 3.43. The molecule has 0 bridgehead atoms. The van der Waals surface area contributed by atoms with Crippen LogP contribution in [0.2, 0.25) is 0 Å². The molecule has 2 aromatic heterocycles. The first-order valence-electron chi connectivity index (χ1n) is 7.50. The van der Waals surface area contributed by atoms with E-state index in [0.717, 1.165) is 11.0 Å². The number of rotatable bonds is 5. The van der Waals surface area contributed by atoms with Crippen molar-refractivity contribution in [3.8, 4) is 0 Å². The second-order valence-corrected chi connectivity index (χ2v) is 5.02. The smallest absolute Gasteiger partial charge is 0.326 e. The molecule has 0 fully saturated rings. The van der Waals surface area contributed by atoms with E-state index in [1.165, 1.54) is 4.90 Å². The number of benzene rings is 1. The van der Waals surface area contributed by atoms with Crippen LogP contribution in [0.15, 0.2) is 48.9 Å². The Hall–Kier alpha value is -3.22. The minimum absolute atomic E-state index is 0.204. The summed E-state index contributed by atoms with van der Waals surface area (Å²) in [5.74, 6) is -0.433. The van der Waals surface area contributed by atoms with Crippen molar-refractivity contribution in [2.24, 2.45) is 0 Å². The molecular formula is C17H16N4O3. The number of carbonyl (C=O) groups excluding carboxylic acids is 2. The number of nitrogens with zero attached hydrogens (tertiary/aromatic N) is 3. The van der Waals surface area contributed by atoms with E-state index in [9.17, 15) is 9.59 Å². The summed E-state index contributed by atoms with van der Waals surface area (Å²) in [7, 11) is 0. The second kappa shape index (κ2) is 6.91. The number of nitrogens with one attached hydrogen (secondary N) is 1. The predicted molar refractivity (Wildman–Crippen MR) is 88.6 cm³/mol. The number of amides is 1. The van der Waals surface area contributed by atoms with Gasteiger partial charge in [-0.05, 0) is 37.3 Å². The molecule has 0 saturated heterocycles. The van der Waals surface area contributed by atoms with Crippen LogP contribution in [0, 0.1) is 0 Å². The Bertz CT molecular complexity index is 860. The molecule has 0 saturated carbocycles. The van der Waals surface area contributed by atoms with Gasteiger partial charge in [-0.25, -0.2) is 9.97 Å². The van der Waals surface area contributed by atoms with Crippen LogP contribution in [-0.2, 0) is 9.53 Å². The second-order valence-electron chi connectivity index (χ2n) is 5.02. The summed E-state index contributed by atoms with van der Waals surface area (Å²) in [6, 6.07) is 10.3. The highest BCUT2D eigenvalue weighted by molar-refractivity contribution is 6.09. The van der Waals surface area contributed by atoms with Gasteiger partial charge in [-0.2, -0.15) is 0 Å². The van der Waals surface area contributed by atoms with Gasteiger partial charge >= 0.3 is 5.97 Å².